The molecule has 2 unspecified atom stereocenters. The van der Waals surface area contributed by atoms with Crippen molar-refractivity contribution in [2.75, 3.05) is 7.11 Å². The molecule has 2 atom stereocenters. The SMILES string of the molecule is COC1CCCC(Oc2ncccc2C(C)=O)C1. The average molecular weight is 249 g/mol. The second-order valence-corrected chi connectivity index (χ2v) is 4.68. The van der Waals surface area contributed by atoms with Gasteiger partial charge in [0.2, 0.25) is 5.88 Å². The molecule has 1 aliphatic carbocycles. The molecule has 1 aliphatic rings. The number of Topliss-reactive ketones (excluding diaryl/α,β-unsaturated/α-hetero) is 1. The molecule has 0 aliphatic heterocycles. The van der Waals surface area contributed by atoms with E-state index in [9.17, 15) is 4.79 Å². The lowest BCUT2D eigenvalue weighted by Crippen LogP contribution is -2.30. The topological polar surface area (TPSA) is 48.4 Å². The van der Waals surface area contributed by atoms with Gasteiger partial charge in [-0.1, -0.05) is 0 Å². The maximum atomic E-state index is 11.5. The van der Waals surface area contributed by atoms with Crippen LogP contribution in [0.3, 0.4) is 0 Å². The number of rotatable bonds is 4. The van der Waals surface area contributed by atoms with Gasteiger partial charge in [-0.2, -0.15) is 0 Å². The fourth-order valence-electron chi connectivity index (χ4n) is 2.33. The zero-order chi connectivity index (χ0) is 13.0. The zero-order valence-electron chi connectivity index (χ0n) is 10.9. The van der Waals surface area contributed by atoms with Crippen LogP contribution >= 0.6 is 0 Å². The van der Waals surface area contributed by atoms with E-state index in [4.69, 9.17) is 9.47 Å². The van der Waals surface area contributed by atoms with Crippen LogP contribution < -0.4 is 4.74 Å². The second kappa shape index (κ2) is 5.96. The maximum Gasteiger partial charge on any atom is 0.224 e. The maximum absolute atomic E-state index is 11.5. The highest BCUT2D eigenvalue weighted by molar-refractivity contribution is 5.96. The van der Waals surface area contributed by atoms with Gasteiger partial charge in [-0.25, -0.2) is 4.98 Å². The van der Waals surface area contributed by atoms with Crippen molar-refractivity contribution in [1.29, 1.82) is 0 Å². The number of carbonyl (C=O) groups excluding carboxylic acids is 1. The largest absolute Gasteiger partial charge is 0.474 e. The molecule has 98 valence electrons. The number of pyridine rings is 1. The molecule has 1 heterocycles. The van der Waals surface area contributed by atoms with Gasteiger partial charge in [-0.3, -0.25) is 4.79 Å². The fraction of sp³-hybridized carbons (Fsp3) is 0.571. The minimum absolute atomic E-state index is 0.0165. The molecule has 1 aromatic heterocycles. The van der Waals surface area contributed by atoms with Crippen molar-refractivity contribution in [3.05, 3.63) is 23.9 Å². The van der Waals surface area contributed by atoms with E-state index in [1.807, 2.05) is 0 Å². The molecular formula is C14H19NO3. The Bertz CT molecular complexity index is 419. The minimum Gasteiger partial charge on any atom is -0.474 e. The Labute approximate surface area is 107 Å². The van der Waals surface area contributed by atoms with Crippen LogP contribution in [-0.2, 0) is 4.74 Å². The van der Waals surface area contributed by atoms with E-state index in [2.05, 4.69) is 4.98 Å². The lowest BCUT2D eigenvalue weighted by atomic mass is 9.95. The molecule has 0 radical (unpaired) electrons. The molecule has 2 rings (SSSR count). The Hall–Kier alpha value is -1.42. The lowest BCUT2D eigenvalue weighted by molar-refractivity contribution is 0.0192. The van der Waals surface area contributed by atoms with Crippen LogP contribution in [0.4, 0.5) is 0 Å². The first-order chi connectivity index (χ1) is 8.70. The Morgan fingerprint density at radius 3 is 2.89 bits per heavy atom. The van der Waals surface area contributed by atoms with Gasteiger partial charge in [0.15, 0.2) is 5.78 Å². The molecule has 1 fully saturated rings. The summed E-state index contributed by atoms with van der Waals surface area (Å²) in [4.78, 5) is 15.6. The van der Waals surface area contributed by atoms with Crippen LogP contribution in [0.1, 0.15) is 43.0 Å². The van der Waals surface area contributed by atoms with Crippen LogP contribution in [0.25, 0.3) is 0 Å². The number of hydrogen-bond donors (Lipinski definition) is 0. The highest BCUT2D eigenvalue weighted by Crippen LogP contribution is 2.26. The van der Waals surface area contributed by atoms with Crippen molar-refractivity contribution >= 4 is 5.78 Å². The quantitative estimate of drug-likeness (QED) is 0.770. The summed E-state index contributed by atoms with van der Waals surface area (Å²) in [6, 6.07) is 3.50. The van der Waals surface area contributed by atoms with E-state index in [0.29, 0.717) is 11.4 Å². The average Bonchev–Trinajstić information content (AvgIpc) is 2.39. The molecule has 0 spiro atoms. The molecule has 1 aromatic rings. The molecule has 4 heteroatoms. The molecule has 0 bridgehead atoms. The predicted molar refractivity (Wildman–Crippen MR) is 67.9 cm³/mol. The summed E-state index contributed by atoms with van der Waals surface area (Å²) >= 11 is 0. The number of aromatic nitrogens is 1. The van der Waals surface area contributed by atoms with Crippen molar-refractivity contribution in [1.82, 2.24) is 4.98 Å². The summed E-state index contributed by atoms with van der Waals surface area (Å²) in [6.45, 7) is 1.53. The summed E-state index contributed by atoms with van der Waals surface area (Å²) in [7, 11) is 1.73. The van der Waals surface area contributed by atoms with Crippen LogP contribution in [-0.4, -0.2) is 30.1 Å². The van der Waals surface area contributed by atoms with Gasteiger partial charge >= 0.3 is 0 Å². The summed E-state index contributed by atoms with van der Waals surface area (Å²) in [5.41, 5.74) is 0.553. The molecular weight excluding hydrogens is 230 g/mol. The van der Waals surface area contributed by atoms with Crippen LogP contribution in [0.15, 0.2) is 18.3 Å². The first kappa shape index (κ1) is 13.0. The Balaban J connectivity index is 2.07. The molecule has 18 heavy (non-hydrogen) atoms. The third-order valence-corrected chi connectivity index (χ3v) is 3.34. The van der Waals surface area contributed by atoms with Crippen molar-refractivity contribution in [2.24, 2.45) is 0 Å². The number of carbonyl (C=O) groups is 1. The number of methoxy groups -OCH3 is 1. The predicted octanol–water partition coefficient (Wildman–Crippen LogP) is 2.62. The Morgan fingerprint density at radius 1 is 1.39 bits per heavy atom. The van der Waals surface area contributed by atoms with Crippen LogP contribution in [0, 0.1) is 0 Å². The molecule has 1 saturated carbocycles. The smallest absolute Gasteiger partial charge is 0.224 e. The van der Waals surface area contributed by atoms with Crippen LogP contribution in [0.5, 0.6) is 5.88 Å². The van der Waals surface area contributed by atoms with Gasteiger partial charge in [0, 0.05) is 19.7 Å². The molecule has 4 nitrogen and oxygen atoms in total. The standard InChI is InChI=1S/C14H19NO3/c1-10(16)13-7-4-8-15-14(13)18-12-6-3-5-11(9-12)17-2/h4,7-8,11-12H,3,5-6,9H2,1-2H3. The van der Waals surface area contributed by atoms with E-state index >= 15 is 0 Å². The van der Waals surface area contributed by atoms with Gasteiger partial charge in [-0.15, -0.1) is 0 Å². The lowest BCUT2D eigenvalue weighted by Gasteiger charge is -2.28. The third-order valence-electron chi connectivity index (χ3n) is 3.34. The molecule has 0 amide bonds. The van der Waals surface area contributed by atoms with E-state index in [1.165, 1.54) is 6.92 Å². The van der Waals surface area contributed by atoms with Gasteiger partial charge < -0.3 is 9.47 Å². The van der Waals surface area contributed by atoms with E-state index in [-0.39, 0.29) is 18.0 Å². The Kier molecular flexibility index (Phi) is 4.31. The van der Waals surface area contributed by atoms with Crippen LogP contribution in [0.2, 0.25) is 0 Å². The van der Waals surface area contributed by atoms with Crippen molar-refractivity contribution in [3.63, 3.8) is 0 Å². The van der Waals surface area contributed by atoms with Gasteiger partial charge in [0.25, 0.3) is 0 Å². The molecule has 0 saturated heterocycles. The summed E-state index contributed by atoms with van der Waals surface area (Å²) in [6.07, 6.45) is 6.03. The number of ether oxygens (including phenoxy) is 2. The number of nitrogens with zero attached hydrogens (tertiary/aromatic N) is 1. The highest BCUT2D eigenvalue weighted by atomic mass is 16.5. The normalized spacial score (nSPS) is 23.7. The number of hydrogen-bond acceptors (Lipinski definition) is 4. The van der Waals surface area contributed by atoms with E-state index in [1.54, 1.807) is 25.4 Å². The second-order valence-electron chi connectivity index (χ2n) is 4.68. The third kappa shape index (κ3) is 3.07. The molecule has 0 aromatic carbocycles. The van der Waals surface area contributed by atoms with Gasteiger partial charge in [0.05, 0.1) is 11.7 Å². The first-order valence-corrected chi connectivity index (χ1v) is 6.36. The van der Waals surface area contributed by atoms with Gasteiger partial charge in [-0.05, 0) is 38.3 Å². The first-order valence-electron chi connectivity index (χ1n) is 6.36. The summed E-state index contributed by atoms with van der Waals surface area (Å²) < 4.78 is 11.2. The van der Waals surface area contributed by atoms with E-state index < -0.39 is 0 Å². The Morgan fingerprint density at radius 2 is 2.17 bits per heavy atom. The van der Waals surface area contributed by atoms with E-state index in [0.717, 1.165) is 25.7 Å². The van der Waals surface area contributed by atoms with Crippen molar-refractivity contribution < 1.29 is 14.3 Å². The fourth-order valence-corrected chi connectivity index (χ4v) is 2.33. The van der Waals surface area contributed by atoms with Crippen molar-refractivity contribution in [3.8, 4) is 5.88 Å². The zero-order valence-corrected chi connectivity index (χ0v) is 10.9. The monoisotopic (exact) mass is 249 g/mol. The minimum atomic E-state index is -0.0165. The summed E-state index contributed by atoms with van der Waals surface area (Å²) in [5, 5.41) is 0. The summed E-state index contributed by atoms with van der Waals surface area (Å²) in [5.74, 6) is 0.434. The molecule has 0 N–H and O–H groups in total. The number of ketones is 1. The van der Waals surface area contributed by atoms with Crippen molar-refractivity contribution in [2.45, 2.75) is 44.8 Å². The van der Waals surface area contributed by atoms with Gasteiger partial charge in [0.1, 0.15) is 6.10 Å². The highest BCUT2D eigenvalue weighted by Gasteiger charge is 2.24.